The van der Waals surface area contributed by atoms with Crippen molar-refractivity contribution in [3.63, 3.8) is 0 Å². The van der Waals surface area contributed by atoms with Crippen LogP contribution in [0.15, 0.2) is 126 Å². The van der Waals surface area contributed by atoms with Gasteiger partial charge in [0, 0.05) is 0 Å². The fourth-order valence-corrected chi connectivity index (χ4v) is 6.50. The van der Waals surface area contributed by atoms with Gasteiger partial charge in [-0.15, -0.1) is 0 Å². The Balaban J connectivity index is 0.000000229. The standard InChI is InChI=1S/C21H20P.C7H8O4S/c1-22(20-13-7-3-8-14-20,21-15-9-4-10-16-21)18-17-19-11-5-2-6-12-19;1-11-6-2-4-7(5-3-6)12(8,9)10/h2-18H,1H3;2-5H,1H3,(H,8,9,10)/q+1;/p-1. The van der Waals surface area contributed by atoms with Crippen LogP contribution in [0.3, 0.4) is 0 Å². The fraction of sp³-hybridized carbons (Fsp3) is 0.0714. The Labute approximate surface area is 202 Å². The van der Waals surface area contributed by atoms with Crippen molar-refractivity contribution >= 4 is 34.1 Å². The molecule has 0 spiro atoms. The molecule has 0 fully saturated rings. The molecule has 4 aromatic rings. The largest absolute Gasteiger partial charge is 0.744 e. The van der Waals surface area contributed by atoms with Gasteiger partial charge in [-0.3, -0.25) is 0 Å². The molecule has 4 nitrogen and oxygen atoms in total. The lowest BCUT2D eigenvalue weighted by molar-refractivity contribution is 0.414. The highest BCUT2D eigenvalue weighted by Crippen LogP contribution is 2.54. The molecule has 6 heteroatoms. The van der Waals surface area contributed by atoms with E-state index in [0.29, 0.717) is 5.75 Å². The maximum Gasteiger partial charge on any atom is 0.124 e. The molecule has 0 aliphatic rings. The summed E-state index contributed by atoms with van der Waals surface area (Å²) in [6.07, 6.45) is 2.26. The van der Waals surface area contributed by atoms with Crippen molar-refractivity contribution < 1.29 is 17.7 Å². The van der Waals surface area contributed by atoms with Crippen molar-refractivity contribution in [3.8, 4) is 5.75 Å². The van der Waals surface area contributed by atoms with E-state index in [1.54, 1.807) is 0 Å². The minimum atomic E-state index is -4.33. The average molecular weight is 491 g/mol. The Kier molecular flexibility index (Phi) is 8.78. The van der Waals surface area contributed by atoms with E-state index in [-0.39, 0.29) is 4.90 Å². The summed E-state index contributed by atoms with van der Waals surface area (Å²) in [5.41, 5.74) is 1.25. The molecule has 4 aromatic carbocycles. The highest BCUT2D eigenvalue weighted by Gasteiger charge is 2.34. The summed E-state index contributed by atoms with van der Waals surface area (Å²) >= 11 is 0. The van der Waals surface area contributed by atoms with E-state index >= 15 is 0 Å². The molecular weight excluding hydrogens is 463 g/mol. The fourth-order valence-electron chi connectivity index (χ4n) is 3.34. The Morgan fingerprint density at radius 1 is 0.706 bits per heavy atom. The van der Waals surface area contributed by atoms with Crippen molar-refractivity contribution in [1.29, 1.82) is 0 Å². The molecule has 0 saturated carbocycles. The summed E-state index contributed by atoms with van der Waals surface area (Å²) in [4.78, 5) is -0.247. The number of benzene rings is 4. The maximum atomic E-state index is 10.4. The normalized spacial score (nSPS) is 11.5. The molecule has 0 bridgehead atoms. The van der Waals surface area contributed by atoms with Crippen molar-refractivity contribution in [2.75, 3.05) is 13.8 Å². The molecule has 0 unspecified atom stereocenters. The quantitative estimate of drug-likeness (QED) is 0.262. The molecule has 0 aliphatic carbocycles. The Morgan fingerprint density at radius 2 is 1.15 bits per heavy atom. The summed E-state index contributed by atoms with van der Waals surface area (Å²) in [6, 6.07) is 37.5. The van der Waals surface area contributed by atoms with Gasteiger partial charge in [0.15, 0.2) is 0 Å². The van der Waals surface area contributed by atoms with E-state index in [1.807, 2.05) is 0 Å². The molecule has 4 rings (SSSR count). The predicted octanol–water partition coefficient (Wildman–Crippen LogP) is 5.56. The van der Waals surface area contributed by atoms with Crippen molar-refractivity contribution in [2.24, 2.45) is 0 Å². The van der Waals surface area contributed by atoms with Crippen LogP contribution in [0.1, 0.15) is 5.56 Å². The summed E-state index contributed by atoms with van der Waals surface area (Å²) in [5.74, 6) is 2.93. The van der Waals surface area contributed by atoms with Crippen LogP contribution in [0.25, 0.3) is 6.08 Å². The Morgan fingerprint density at radius 3 is 1.56 bits per heavy atom. The Bertz CT molecular complexity index is 1250. The highest BCUT2D eigenvalue weighted by atomic mass is 32.2. The minimum Gasteiger partial charge on any atom is -0.744 e. The third-order valence-corrected chi connectivity index (χ3v) is 9.63. The maximum absolute atomic E-state index is 10.4. The molecule has 0 N–H and O–H groups in total. The predicted molar refractivity (Wildman–Crippen MR) is 141 cm³/mol. The first-order valence-electron chi connectivity index (χ1n) is 10.6. The first-order valence-corrected chi connectivity index (χ1v) is 14.4. The van der Waals surface area contributed by atoms with E-state index in [9.17, 15) is 13.0 Å². The zero-order valence-electron chi connectivity index (χ0n) is 19.1. The summed E-state index contributed by atoms with van der Waals surface area (Å²) in [6.45, 7) is 2.39. The summed E-state index contributed by atoms with van der Waals surface area (Å²) in [7, 11) is -4.39. The zero-order valence-corrected chi connectivity index (χ0v) is 20.8. The zero-order chi connectivity index (χ0) is 24.4. The first-order chi connectivity index (χ1) is 16.3. The van der Waals surface area contributed by atoms with Crippen LogP contribution in [-0.2, 0) is 10.1 Å². The third kappa shape index (κ3) is 6.88. The van der Waals surface area contributed by atoms with Gasteiger partial charge in [-0.05, 0) is 60.2 Å². The van der Waals surface area contributed by atoms with Crippen LogP contribution in [0.5, 0.6) is 5.75 Å². The second-order valence-electron chi connectivity index (χ2n) is 7.60. The molecule has 0 atom stereocenters. The van der Waals surface area contributed by atoms with Gasteiger partial charge < -0.3 is 9.29 Å². The molecular formula is C28H27O4PS. The van der Waals surface area contributed by atoms with E-state index in [1.165, 1.54) is 47.5 Å². The molecule has 0 aromatic heterocycles. The first kappa shape index (κ1) is 25.4. The van der Waals surface area contributed by atoms with Crippen molar-refractivity contribution in [1.82, 2.24) is 0 Å². The van der Waals surface area contributed by atoms with E-state index in [2.05, 4.69) is 110 Å². The van der Waals surface area contributed by atoms with Crippen LogP contribution in [0, 0.1) is 0 Å². The molecule has 0 aliphatic heterocycles. The van der Waals surface area contributed by atoms with Gasteiger partial charge in [-0.1, -0.05) is 66.7 Å². The Hall–Kier alpha value is -3.24. The molecule has 0 saturated heterocycles. The number of rotatable bonds is 6. The third-order valence-electron chi connectivity index (χ3n) is 5.30. The second-order valence-corrected chi connectivity index (χ2v) is 12.5. The van der Waals surface area contributed by atoms with Gasteiger partial charge in [-0.25, -0.2) is 8.42 Å². The smallest absolute Gasteiger partial charge is 0.124 e. The second kappa shape index (κ2) is 11.8. The number of methoxy groups -OCH3 is 1. The lowest BCUT2D eigenvalue weighted by atomic mass is 10.2. The summed E-state index contributed by atoms with van der Waals surface area (Å²) < 4.78 is 36.1. The molecule has 174 valence electrons. The monoisotopic (exact) mass is 490 g/mol. The minimum absolute atomic E-state index is 0.247. The van der Waals surface area contributed by atoms with Gasteiger partial charge in [0.2, 0.25) is 0 Å². The van der Waals surface area contributed by atoms with Gasteiger partial charge >= 0.3 is 0 Å². The van der Waals surface area contributed by atoms with Crippen LogP contribution >= 0.6 is 7.26 Å². The molecule has 34 heavy (non-hydrogen) atoms. The van der Waals surface area contributed by atoms with Crippen LogP contribution < -0.4 is 15.3 Å². The number of hydrogen-bond acceptors (Lipinski definition) is 4. The van der Waals surface area contributed by atoms with Gasteiger partial charge in [0.25, 0.3) is 0 Å². The van der Waals surface area contributed by atoms with Crippen molar-refractivity contribution in [3.05, 3.63) is 127 Å². The van der Waals surface area contributed by atoms with Gasteiger partial charge in [-0.2, -0.15) is 0 Å². The lowest BCUT2D eigenvalue weighted by Crippen LogP contribution is -2.19. The lowest BCUT2D eigenvalue weighted by Gasteiger charge is -2.19. The van der Waals surface area contributed by atoms with Crippen LogP contribution in [-0.4, -0.2) is 26.7 Å². The number of ether oxygens (including phenoxy) is 1. The van der Waals surface area contributed by atoms with Crippen molar-refractivity contribution in [2.45, 2.75) is 4.90 Å². The van der Waals surface area contributed by atoms with Gasteiger partial charge in [0.05, 0.1) is 24.5 Å². The topological polar surface area (TPSA) is 66.4 Å². The van der Waals surface area contributed by atoms with E-state index in [0.717, 1.165) is 0 Å². The molecule has 0 radical (unpaired) electrons. The van der Waals surface area contributed by atoms with E-state index in [4.69, 9.17) is 4.74 Å². The van der Waals surface area contributed by atoms with Crippen LogP contribution in [0.2, 0.25) is 0 Å². The molecule has 0 heterocycles. The highest BCUT2D eigenvalue weighted by molar-refractivity contribution is 7.91. The average Bonchev–Trinajstić information content (AvgIpc) is 2.89. The molecule has 0 amide bonds. The summed E-state index contributed by atoms with van der Waals surface area (Å²) in [5, 5.41) is 2.82. The van der Waals surface area contributed by atoms with E-state index < -0.39 is 17.4 Å². The SMILES string of the molecule is COc1ccc(S(=O)(=O)[O-])cc1.C[P+](C=Cc1ccccc1)(c1ccccc1)c1ccccc1. The number of hydrogen-bond donors (Lipinski definition) is 0. The van der Waals surface area contributed by atoms with Crippen LogP contribution in [0.4, 0.5) is 0 Å². The van der Waals surface area contributed by atoms with Gasteiger partial charge in [0.1, 0.15) is 33.7 Å².